The van der Waals surface area contributed by atoms with Crippen LogP contribution in [0.4, 0.5) is 0 Å². The van der Waals surface area contributed by atoms with Crippen LogP contribution in [0.3, 0.4) is 0 Å². The monoisotopic (exact) mass is 354 g/mol. The van der Waals surface area contributed by atoms with E-state index < -0.39 is 5.79 Å². The number of carbonyl (C=O) groups excluding carboxylic acids is 1. The molecule has 0 aromatic heterocycles. The Morgan fingerprint density at radius 1 is 1.08 bits per heavy atom. The molecular formula is C21H38O4. The quantitative estimate of drug-likeness (QED) is 0.211. The maximum absolute atomic E-state index is 12.1. The van der Waals surface area contributed by atoms with Gasteiger partial charge in [-0.15, -0.1) is 0 Å². The van der Waals surface area contributed by atoms with Crippen LogP contribution in [0.1, 0.15) is 90.9 Å². The second-order valence-electron chi connectivity index (χ2n) is 7.34. The van der Waals surface area contributed by atoms with Gasteiger partial charge in [0.15, 0.2) is 0 Å². The molecule has 0 bridgehead atoms. The zero-order chi connectivity index (χ0) is 18.5. The maximum Gasteiger partial charge on any atom is 0.335 e. The van der Waals surface area contributed by atoms with Crippen molar-refractivity contribution in [1.29, 1.82) is 0 Å². The molecule has 0 aromatic rings. The number of carbonyl (C=O) groups is 1. The van der Waals surface area contributed by atoms with Gasteiger partial charge in [0.05, 0.1) is 12.7 Å². The van der Waals surface area contributed by atoms with Crippen LogP contribution in [0.5, 0.6) is 0 Å². The number of rotatable bonds is 11. The first kappa shape index (κ1) is 22.2. The minimum absolute atomic E-state index is 0.223. The molecule has 1 fully saturated rings. The number of hydrogen-bond acceptors (Lipinski definition) is 4. The van der Waals surface area contributed by atoms with Crippen LogP contribution in [-0.2, 0) is 19.0 Å². The van der Waals surface area contributed by atoms with Crippen molar-refractivity contribution >= 4 is 5.97 Å². The molecule has 2 unspecified atom stereocenters. The lowest BCUT2D eigenvalue weighted by Gasteiger charge is -2.36. The van der Waals surface area contributed by atoms with Crippen molar-refractivity contribution in [2.45, 2.75) is 103 Å². The summed E-state index contributed by atoms with van der Waals surface area (Å²) in [6.45, 7) is 8.27. The van der Waals surface area contributed by atoms with Crippen molar-refractivity contribution in [3.63, 3.8) is 0 Å². The molecule has 2 atom stereocenters. The summed E-state index contributed by atoms with van der Waals surface area (Å²) < 4.78 is 17.5. The fourth-order valence-corrected chi connectivity index (χ4v) is 3.32. The van der Waals surface area contributed by atoms with E-state index in [1.54, 1.807) is 14.0 Å². The van der Waals surface area contributed by atoms with Gasteiger partial charge in [0, 0.05) is 25.5 Å². The van der Waals surface area contributed by atoms with Crippen LogP contribution in [0.2, 0.25) is 0 Å². The minimum Gasteiger partial charge on any atom is -0.430 e. The average Bonchev–Trinajstić information content (AvgIpc) is 2.57. The normalized spacial score (nSPS) is 24.4. The van der Waals surface area contributed by atoms with Gasteiger partial charge < -0.3 is 14.2 Å². The van der Waals surface area contributed by atoms with Gasteiger partial charge in [-0.3, -0.25) is 0 Å². The molecule has 0 heterocycles. The smallest absolute Gasteiger partial charge is 0.335 e. The summed E-state index contributed by atoms with van der Waals surface area (Å²) in [7, 11) is 1.75. The number of methoxy groups -OCH3 is 1. The van der Waals surface area contributed by atoms with Gasteiger partial charge in [-0.1, -0.05) is 52.0 Å². The van der Waals surface area contributed by atoms with E-state index in [1.807, 2.05) is 0 Å². The van der Waals surface area contributed by atoms with Crippen LogP contribution in [-0.4, -0.2) is 31.6 Å². The van der Waals surface area contributed by atoms with Crippen molar-refractivity contribution in [3.8, 4) is 0 Å². The number of ether oxygens (including phenoxy) is 3. The summed E-state index contributed by atoms with van der Waals surface area (Å²) in [4.78, 5) is 12.1. The Hall–Kier alpha value is -0.870. The fraction of sp³-hybridized carbons (Fsp3) is 0.857. The largest absolute Gasteiger partial charge is 0.430 e. The Bertz CT molecular complexity index is 393. The van der Waals surface area contributed by atoms with Gasteiger partial charge in [-0.25, -0.2) is 4.79 Å². The summed E-state index contributed by atoms with van der Waals surface area (Å²) in [5.74, 6) is -1.16. The van der Waals surface area contributed by atoms with E-state index in [1.165, 1.54) is 32.1 Å². The molecular weight excluding hydrogens is 316 g/mol. The Kier molecular flexibility index (Phi) is 11.1. The van der Waals surface area contributed by atoms with E-state index in [2.05, 4.69) is 13.5 Å². The third-order valence-corrected chi connectivity index (χ3v) is 5.00. The second-order valence-corrected chi connectivity index (χ2v) is 7.34. The Morgan fingerprint density at radius 2 is 1.80 bits per heavy atom. The highest BCUT2D eigenvalue weighted by Crippen LogP contribution is 2.33. The molecule has 0 N–H and O–H groups in total. The summed E-state index contributed by atoms with van der Waals surface area (Å²) in [6.07, 6.45) is 13.0. The first-order valence-corrected chi connectivity index (χ1v) is 10.1. The summed E-state index contributed by atoms with van der Waals surface area (Å²) >= 11 is 0. The zero-order valence-corrected chi connectivity index (χ0v) is 16.6. The fourth-order valence-electron chi connectivity index (χ4n) is 3.32. The molecule has 4 nitrogen and oxygen atoms in total. The molecule has 146 valence electrons. The summed E-state index contributed by atoms with van der Waals surface area (Å²) in [5.41, 5.74) is 0.424. The maximum atomic E-state index is 12.1. The molecule has 0 saturated heterocycles. The predicted molar refractivity (Wildman–Crippen MR) is 101 cm³/mol. The van der Waals surface area contributed by atoms with E-state index in [-0.39, 0.29) is 12.1 Å². The molecule has 4 heteroatoms. The van der Waals surface area contributed by atoms with E-state index >= 15 is 0 Å². The number of esters is 1. The van der Waals surface area contributed by atoms with Gasteiger partial charge in [-0.05, 0) is 32.6 Å². The SMILES string of the molecule is C=C(C)C(=O)OC1(OCCCCCCCC)CCCCC(OC)CC1. The molecule has 0 aliphatic heterocycles. The lowest BCUT2D eigenvalue weighted by molar-refractivity contribution is -0.240. The number of hydrogen-bond donors (Lipinski definition) is 0. The van der Waals surface area contributed by atoms with Crippen molar-refractivity contribution in [2.24, 2.45) is 0 Å². The van der Waals surface area contributed by atoms with Gasteiger partial charge in [0.2, 0.25) is 5.79 Å². The average molecular weight is 355 g/mol. The first-order valence-electron chi connectivity index (χ1n) is 10.1. The van der Waals surface area contributed by atoms with Crippen LogP contribution in [0.15, 0.2) is 12.2 Å². The predicted octanol–water partition coefficient (Wildman–Crippen LogP) is 5.55. The lowest BCUT2D eigenvalue weighted by atomic mass is 9.93. The van der Waals surface area contributed by atoms with Gasteiger partial charge in [-0.2, -0.15) is 0 Å². The zero-order valence-electron chi connectivity index (χ0n) is 16.6. The highest BCUT2D eigenvalue weighted by molar-refractivity contribution is 5.87. The molecule has 1 saturated carbocycles. The van der Waals surface area contributed by atoms with Gasteiger partial charge in [0.25, 0.3) is 0 Å². The third-order valence-electron chi connectivity index (χ3n) is 5.00. The summed E-state index contributed by atoms with van der Waals surface area (Å²) in [5, 5.41) is 0. The Balaban J connectivity index is 2.57. The molecule has 0 spiro atoms. The van der Waals surface area contributed by atoms with Crippen LogP contribution in [0.25, 0.3) is 0 Å². The molecule has 0 amide bonds. The van der Waals surface area contributed by atoms with Crippen LogP contribution in [0, 0.1) is 0 Å². The van der Waals surface area contributed by atoms with Crippen molar-refractivity contribution in [2.75, 3.05) is 13.7 Å². The Morgan fingerprint density at radius 3 is 2.48 bits per heavy atom. The van der Waals surface area contributed by atoms with Gasteiger partial charge >= 0.3 is 5.97 Å². The van der Waals surface area contributed by atoms with Crippen molar-refractivity contribution in [3.05, 3.63) is 12.2 Å². The molecule has 1 aliphatic rings. The topological polar surface area (TPSA) is 44.8 Å². The molecule has 1 rings (SSSR count). The van der Waals surface area contributed by atoms with Crippen molar-refractivity contribution in [1.82, 2.24) is 0 Å². The number of unbranched alkanes of at least 4 members (excludes halogenated alkanes) is 5. The van der Waals surface area contributed by atoms with E-state index in [9.17, 15) is 4.79 Å². The van der Waals surface area contributed by atoms with Crippen LogP contribution >= 0.6 is 0 Å². The van der Waals surface area contributed by atoms with Gasteiger partial charge in [0.1, 0.15) is 0 Å². The molecule has 1 aliphatic carbocycles. The van der Waals surface area contributed by atoms with E-state index in [0.717, 1.165) is 38.5 Å². The van der Waals surface area contributed by atoms with E-state index in [4.69, 9.17) is 14.2 Å². The highest BCUT2D eigenvalue weighted by Gasteiger charge is 2.37. The lowest BCUT2D eigenvalue weighted by Crippen LogP contribution is -2.40. The second kappa shape index (κ2) is 12.5. The van der Waals surface area contributed by atoms with Crippen LogP contribution < -0.4 is 0 Å². The molecule has 0 radical (unpaired) electrons. The molecule has 25 heavy (non-hydrogen) atoms. The first-order chi connectivity index (χ1) is 12.0. The third kappa shape index (κ3) is 8.87. The van der Waals surface area contributed by atoms with Crippen molar-refractivity contribution < 1.29 is 19.0 Å². The standard InChI is InChI=1S/C21H38O4/c1-5-6-7-8-9-12-17-24-21(25-20(22)18(2)3)15-11-10-13-19(23-4)14-16-21/h19H,2,5-17H2,1,3-4H3. The highest BCUT2D eigenvalue weighted by atomic mass is 16.7. The van der Waals surface area contributed by atoms with E-state index in [0.29, 0.717) is 18.6 Å². The minimum atomic E-state index is -0.809. The summed E-state index contributed by atoms with van der Waals surface area (Å²) in [6, 6.07) is 0. The molecule has 0 aromatic carbocycles. The Labute approximate surface area is 154 Å².